The van der Waals surface area contributed by atoms with Crippen molar-refractivity contribution in [3.63, 3.8) is 0 Å². The van der Waals surface area contributed by atoms with E-state index in [9.17, 15) is 13.2 Å². The number of rotatable bonds is 5. The fourth-order valence-electron chi connectivity index (χ4n) is 3.67. The second kappa shape index (κ2) is 6.77. The quantitative estimate of drug-likeness (QED) is 0.842. The molecule has 2 aliphatic rings. The number of sulfone groups is 1. The van der Waals surface area contributed by atoms with Crippen molar-refractivity contribution in [2.45, 2.75) is 58.4 Å². The molecule has 2 unspecified atom stereocenters. The third-order valence-corrected chi connectivity index (χ3v) is 6.07. The molecule has 1 aliphatic heterocycles. The Balaban J connectivity index is 1.83. The summed E-state index contributed by atoms with van der Waals surface area (Å²) in [4.78, 5) is 14.5. The van der Waals surface area contributed by atoms with E-state index >= 15 is 0 Å². The molecule has 0 radical (unpaired) electrons. The number of nitrogens with zero attached hydrogens (tertiary/aromatic N) is 1. The summed E-state index contributed by atoms with van der Waals surface area (Å²) in [7, 11) is -2.95. The average molecular weight is 330 g/mol. The van der Waals surface area contributed by atoms with Crippen LogP contribution in [0.2, 0.25) is 0 Å². The lowest BCUT2D eigenvalue weighted by Crippen LogP contribution is -2.51. The van der Waals surface area contributed by atoms with E-state index < -0.39 is 9.84 Å². The molecule has 1 heterocycles. The highest BCUT2D eigenvalue weighted by Gasteiger charge is 2.37. The van der Waals surface area contributed by atoms with Gasteiger partial charge in [-0.2, -0.15) is 0 Å². The normalized spacial score (nSPS) is 25.9. The summed E-state index contributed by atoms with van der Waals surface area (Å²) in [5.41, 5.74) is -0.205. The highest BCUT2D eigenvalue weighted by molar-refractivity contribution is 7.90. The van der Waals surface area contributed by atoms with Gasteiger partial charge in [-0.1, -0.05) is 20.3 Å². The van der Waals surface area contributed by atoms with Crippen LogP contribution in [-0.4, -0.2) is 50.5 Å². The molecule has 1 saturated heterocycles. The summed E-state index contributed by atoms with van der Waals surface area (Å²) < 4.78 is 22.6. The van der Waals surface area contributed by atoms with Crippen molar-refractivity contribution in [2.24, 2.45) is 11.3 Å². The molecule has 2 atom stereocenters. The van der Waals surface area contributed by atoms with Crippen LogP contribution in [0.3, 0.4) is 0 Å². The Hall–Kier alpha value is -0.780. The van der Waals surface area contributed by atoms with Crippen LogP contribution in [0.5, 0.6) is 0 Å². The van der Waals surface area contributed by atoms with Gasteiger partial charge in [0.1, 0.15) is 9.84 Å². The summed E-state index contributed by atoms with van der Waals surface area (Å²) >= 11 is 0. The van der Waals surface area contributed by atoms with Crippen molar-refractivity contribution in [2.75, 3.05) is 25.1 Å². The van der Waals surface area contributed by atoms with Crippen molar-refractivity contribution in [3.8, 4) is 0 Å². The first-order valence-electron chi connectivity index (χ1n) is 8.40. The minimum Gasteiger partial charge on any atom is -0.337 e. The summed E-state index contributed by atoms with van der Waals surface area (Å²) in [6, 6.07) is 0.455. The highest BCUT2D eigenvalue weighted by atomic mass is 32.2. The third-order valence-electron chi connectivity index (χ3n) is 5.12. The molecule has 1 aliphatic carbocycles. The number of urea groups is 1. The van der Waals surface area contributed by atoms with Gasteiger partial charge in [-0.25, -0.2) is 13.2 Å². The lowest BCUT2D eigenvalue weighted by atomic mass is 9.90. The molecule has 0 spiro atoms. The first kappa shape index (κ1) is 17.6. The van der Waals surface area contributed by atoms with Crippen LogP contribution < -0.4 is 5.32 Å². The molecule has 0 aromatic rings. The van der Waals surface area contributed by atoms with Gasteiger partial charge in [0.05, 0.1) is 5.75 Å². The number of likely N-dealkylation sites (tertiary alicyclic amines) is 1. The molecule has 0 aromatic heterocycles. The number of amides is 2. The van der Waals surface area contributed by atoms with Gasteiger partial charge in [0, 0.05) is 25.4 Å². The lowest BCUT2D eigenvalue weighted by Gasteiger charge is -2.38. The van der Waals surface area contributed by atoms with E-state index in [1.165, 1.54) is 25.5 Å². The third kappa shape index (κ3) is 4.86. The van der Waals surface area contributed by atoms with Crippen LogP contribution in [0.25, 0.3) is 0 Å². The Morgan fingerprint density at radius 2 is 1.91 bits per heavy atom. The van der Waals surface area contributed by atoms with Crippen LogP contribution in [0.4, 0.5) is 4.79 Å². The van der Waals surface area contributed by atoms with Gasteiger partial charge in [-0.05, 0) is 43.4 Å². The maximum absolute atomic E-state index is 12.5. The Labute approximate surface area is 134 Å². The average Bonchev–Trinajstić information content (AvgIpc) is 2.90. The highest BCUT2D eigenvalue weighted by Crippen LogP contribution is 2.36. The van der Waals surface area contributed by atoms with E-state index in [1.807, 2.05) is 18.7 Å². The predicted molar refractivity (Wildman–Crippen MR) is 88.6 cm³/mol. The van der Waals surface area contributed by atoms with Gasteiger partial charge in [0.25, 0.3) is 0 Å². The van der Waals surface area contributed by atoms with Gasteiger partial charge in [0.15, 0.2) is 0 Å². The van der Waals surface area contributed by atoms with E-state index in [0.29, 0.717) is 24.9 Å². The minimum absolute atomic E-state index is 0.0315. The van der Waals surface area contributed by atoms with Crippen LogP contribution in [0.1, 0.15) is 52.4 Å². The molecule has 1 N–H and O–H groups in total. The van der Waals surface area contributed by atoms with Crippen LogP contribution in [-0.2, 0) is 9.84 Å². The van der Waals surface area contributed by atoms with E-state index in [-0.39, 0.29) is 17.2 Å². The fraction of sp³-hybridized carbons (Fsp3) is 0.938. The molecular weight excluding hydrogens is 300 g/mol. The number of piperidine rings is 1. The molecule has 2 amide bonds. The molecular formula is C16H30N2O3S. The second-order valence-corrected chi connectivity index (χ2v) is 10.1. The largest absolute Gasteiger partial charge is 0.337 e. The zero-order valence-corrected chi connectivity index (χ0v) is 14.9. The van der Waals surface area contributed by atoms with Crippen molar-refractivity contribution >= 4 is 15.9 Å². The van der Waals surface area contributed by atoms with Crippen molar-refractivity contribution in [1.82, 2.24) is 10.2 Å². The Bertz CT molecular complexity index is 502. The molecule has 2 fully saturated rings. The summed E-state index contributed by atoms with van der Waals surface area (Å²) in [6.45, 7) is 5.39. The van der Waals surface area contributed by atoms with Crippen LogP contribution >= 0.6 is 0 Å². The molecule has 0 bridgehead atoms. The molecule has 0 aromatic carbocycles. The van der Waals surface area contributed by atoms with Gasteiger partial charge in [-0.3, -0.25) is 0 Å². The van der Waals surface area contributed by atoms with E-state index in [1.54, 1.807) is 0 Å². The van der Waals surface area contributed by atoms with E-state index in [2.05, 4.69) is 5.32 Å². The molecule has 1 saturated carbocycles. The molecule has 22 heavy (non-hydrogen) atoms. The molecule has 128 valence electrons. The number of hydrogen-bond donors (Lipinski definition) is 1. The maximum Gasteiger partial charge on any atom is 0.317 e. The van der Waals surface area contributed by atoms with E-state index in [0.717, 1.165) is 19.4 Å². The number of hydrogen-bond acceptors (Lipinski definition) is 3. The van der Waals surface area contributed by atoms with Gasteiger partial charge >= 0.3 is 6.03 Å². The predicted octanol–water partition coefficient (Wildman–Crippen LogP) is 2.42. The smallest absolute Gasteiger partial charge is 0.317 e. The van der Waals surface area contributed by atoms with E-state index in [4.69, 9.17) is 0 Å². The zero-order valence-electron chi connectivity index (χ0n) is 14.1. The molecule has 5 nitrogen and oxygen atoms in total. The Kier molecular flexibility index (Phi) is 5.41. The first-order valence-corrected chi connectivity index (χ1v) is 10.5. The summed E-state index contributed by atoms with van der Waals surface area (Å²) in [6.07, 6.45) is 7.82. The maximum atomic E-state index is 12.5. The Morgan fingerprint density at radius 3 is 2.59 bits per heavy atom. The number of carbonyl (C=O) groups is 1. The molecule has 6 heteroatoms. The van der Waals surface area contributed by atoms with Gasteiger partial charge in [0.2, 0.25) is 0 Å². The first-order chi connectivity index (χ1) is 10.2. The number of nitrogens with one attached hydrogen (secondary N) is 1. The summed E-state index contributed by atoms with van der Waals surface area (Å²) in [5, 5.41) is 3.03. The second-order valence-electron chi connectivity index (χ2n) is 7.80. The molecule has 2 rings (SSSR count). The number of fused-ring (bicyclic) bond motifs is 1. The minimum atomic E-state index is -2.95. The van der Waals surface area contributed by atoms with Crippen molar-refractivity contribution in [1.29, 1.82) is 0 Å². The van der Waals surface area contributed by atoms with Crippen LogP contribution in [0.15, 0.2) is 0 Å². The number of carbonyl (C=O) groups excluding carboxylic acids is 1. The topological polar surface area (TPSA) is 66.5 Å². The standard InChI is InChI=1S/C16H30N2O3S/c1-16(2,9-11-22(3,20)21)12-17-15(19)18-10-5-7-13-6-4-8-14(13)18/h13-14H,4-12H2,1-3H3,(H,17,19). The van der Waals surface area contributed by atoms with Crippen molar-refractivity contribution in [3.05, 3.63) is 0 Å². The fourth-order valence-corrected chi connectivity index (χ4v) is 4.60. The SMILES string of the molecule is CC(C)(CCS(C)(=O)=O)CNC(=O)N1CCCC2CCCC21. The van der Waals surface area contributed by atoms with Gasteiger partial charge < -0.3 is 10.2 Å². The Morgan fingerprint density at radius 1 is 1.23 bits per heavy atom. The lowest BCUT2D eigenvalue weighted by molar-refractivity contribution is 0.125. The van der Waals surface area contributed by atoms with Gasteiger partial charge in [-0.15, -0.1) is 0 Å². The zero-order chi connectivity index (χ0) is 16.4. The van der Waals surface area contributed by atoms with Crippen molar-refractivity contribution < 1.29 is 13.2 Å². The summed E-state index contributed by atoms with van der Waals surface area (Å²) in [5.74, 6) is 0.863. The monoisotopic (exact) mass is 330 g/mol. The van der Waals surface area contributed by atoms with Crippen LogP contribution in [0, 0.1) is 11.3 Å².